The molecule has 0 aromatic heterocycles. The van der Waals surface area contributed by atoms with E-state index in [1.165, 1.54) is 0 Å². The largest absolute Gasteiger partial charge is 0.347 e. The van der Waals surface area contributed by atoms with Crippen LogP contribution in [0.4, 0.5) is 5.69 Å². The van der Waals surface area contributed by atoms with Gasteiger partial charge in [-0.15, -0.1) is 0 Å². The molecule has 82 valence electrons. The maximum absolute atomic E-state index is 11.7. The molecule has 0 heterocycles. The number of hydrogen-bond donors (Lipinski definition) is 3. The Labute approximate surface area is 89.8 Å². The molecule has 4 nitrogen and oxygen atoms in total. The molecule has 0 saturated carbocycles. The average Bonchev–Trinajstić information content (AvgIpc) is 2.15. The molecule has 1 rings (SSSR count). The topological polar surface area (TPSA) is 67.2 Å². The van der Waals surface area contributed by atoms with Crippen LogP contribution >= 0.6 is 0 Å². The van der Waals surface area contributed by atoms with Gasteiger partial charge in [-0.25, -0.2) is 0 Å². The summed E-state index contributed by atoms with van der Waals surface area (Å²) in [5, 5.41) is 2.88. The van der Waals surface area contributed by atoms with Crippen molar-refractivity contribution >= 4 is 11.6 Å². The number of carbonyl (C=O) groups is 1. The van der Waals surface area contributed by atoms with Gasteiger partial charge in [0.15, 0.2) is 0 Å². The zero-order valence-electron chi connectivity index (χ0n) is 9.29. The molecule has 0 radical (unpaired) electrons. The second-order valence-corrected chi connectivity index (χ2v) is 4.43. The quantitative estimate of drug-likeness (QED) is 0.508. The van der Waals surface area contributed by atoms with Gasteiger partial charge in [-0.2, -0.15) is 0 Å². The zero-order valence-corrected chi connectivity index (χ0v) is 9.29. The molecule has 0 aliphatic heterocycles. The van der Waals surface area contributed by atoms with Gasteiger partial charge in [-0.1, -0.05) is 6.07 Å². The Morgan fingerprint density at radius 3 is 2.53 bits per heavy atom. The Morgan fingerprint density at radius 2 is 2.00 bits per heavy atom. The van der Waals surface area contributed by atoms with Crippen molar-refractivity contribution in [1.29, 1.82) is 0 Å². The molecule has 15 heavy (non-hydrogen) atoms. The highest BCUT2D eigenvalue weighted by molar-refractivity contribution is 5.95. The van der Waals surface area contributed by atoms with Crippen LogP contribution in [0.15, 0.2) is 24.3 Å². The fraction of sp³-hybridized carbons (Fsp3) is 0.364. The van der Waals surface area contributed by atoms with Gasteiger partial charge in [0.1, 0.15) is 0 Å². The number of nitrogens with one attached hydrogen (secondary N) is 2. The summed E-state index contributed by atoms with van der Waals surface area (Å²) >= 11 is 0. The first kappa shape index (κ1) is 11.5. The van der Waals surface area contributed by atoms with E-state index in [1.807, 2.05) is 20.8 Å². The van der Waals surface area contributed by atoms with Crippen molar-refractivity contribution in [2.75, 3.05) is 5.43 Å². The van der Waals surface area contributed by atoms with Crippen LogP contribution in [0.3, 0.4) is 0 Å². The average molecular weight is 207 g/mol. The molecule has 0 fully saturated rings. The molecular weight excluding hydrogens is 190 g/mol. The molecule has 0 saturated heterocycles. The second kappa shape index (κ2) is 4.31. The van der Waals surface area contributed by atoms with Crippen molar-refractivity contribution in [1.82, 2.24) is 5.32 Å². The van der Waals surface area contributed by atoms with E-state index in [4.69, 9.17) is 5.84 Å². The number of benzene rings is 1. The first-order chi connectivity index (χ1) is 6.92. The summed E-state index contributed by atoms with van der Waals surface area (Å²) in [5.41, 5.74) is 3.59. The summed E-state index contributed by atoms with van der Waals surface area (Å²) in [4.78, 5) is 11.7. The smallest absolute Gasteiger partial charge is 0.251 e. The second-order valence-electron chi connectivity index (χ2n) is 4.43. The molecule has 1 amide bonds. The molecule has 1 aromatic carbocycles. The van der Waals surface area contributed by atoms with Crippen molar-refractivity contribution in [2.24, 2.45) is 5.84 Å². The van der Waals surface area contributed by atoms with Crippen molar-refractivity contribution < 1.29 is 4.79 Å². The lowest BCUT2D eigenvalue weighted by Gasteiger charge is -2.20. The van der Waals surface area contributed by atoms with Crippen LogP contribution in [-0.2, 0) is 0 Å². The Morgan fingerprint density at radius 1 is 1.33 bits per heavy atom. The molecule has 0 atom stereocenters. The highest BCUT2D eigenvalue weighted by Crippen LogP contribution is 2.10. The first-order valence-corrected chi connectivity index (χ1v) is 4.81. The minimum absolute atomic E-state index is 0.0976. The van der Waals surface area contributed by atoms with Gasteiger partial charge >= 0.3 is 0 Å². The van der Waals surface area contributed by atoms with Gasteiger partial charge in [-0.05, 0) is 39.0 Å². The van der Waals surface area contributed by atoms with Gasteiger partial charge in [0.25, 0.3) is 5.91 Å². The van der Waals surface area contributed by atoms with Crippen molar-refractivity contribution in [3.63, 3.8) is 0 Å². The summed E-state index contributed by atoms with van der Waals surface area (Å²) < 4.78 is 0. The van der Waals surface area contributed by atoms with Crippen molar-refractivity contribution in [2.45, 2.75) is 26.3 Å². The molecule has 0 spiro atoms. The normalized spacial score (nSPS) is 10.9. The SMILES string of the molecule is CC(C)(C)NC(=O)c1cccc(NN)c1. The molecular formula is C11H17N3O. The van der Waals surface area contributed by atoms with Gasteiger partial charge in [0.2, 0.25) is 0 Å². The minimum Gasteiger partial charge on any atom is -0.347 e. The summed E-state index contributed by atoms with van der Waals surface area (Å²) in [5.74, 6) is 5.17. The van der Waals surface area contributed by atoms with E-state index < -0.39 is 0 Å². The Kier molecular flexibility index (Phi) is 3.31. The predicted molar refractivity (Wildman–Crippen MR) is 61.5 cm³/mol. The van der Waals surface area contributed by atoms with E-state index in [9.17, 15) is 4.79 Å². The summed E-state index contributed by atoms with van der Waals surface area (Å²) in [7, 11) is 0. The third-order valence-electron chi connectivity index (χ3n) is 1.78. The van der Waals surface area contributed by atoms with Crippen LogP contribution in [0, 0.1) is 0 Å². The van der Waals surface area contributed by atoms with Crippen LogP contribution in [0.2, 0.25) is 0 Å². The Bertz CT molecular complexity index is 355. The first-order valence-electron chi connectivity index (χ1n) is 4.81. The number of anilines is 1. The number of hydrazine groups is 1. The lowest BCUT2D eigenvalue weighted by molar-refractivity contribution is 0.0919. The van der Waals surface area contributed by atoms with Gasteiger partial charge in [0.05, 0.1) is 0 Å². The van der Waals surface area contributed by atoms with Crippen LogP contribution in [0.1, 0.15) is 31.1 Å². The van der Waals surface area contributed by atoms with Gasteiger partial charge in [0, 0.05) is 16.8 Å². The monoisotopic (exact) mass is 207 g/mol. The summed E-state index contributed by atoms with van der Waals surface area (Å²) in [6.07, 6.45) is 0. The number of amides is 1. The number of rotatable bonds is 2. The molecule has 0 bridgehead atoms. The number of carbonyl (C=O) groups excluding carboxylic acids is 1. The minimum atomic E-state index is -0.233. The van der Waals surface area contributed by atoms with Crippen LogP contribution in [0.5, 0.6) is 0 Å². The highest BCUT2D eigenvalue weighted by Gasteiger charge is 2.15. The molecule has 0 aliphatic carbocycles. The summed E-state index contributed by atoms with van der Waals surface area (Å²) in [6, 6.07) is 7.05. The fourth-order valence-electron chi connectivity index (χ4n) is 1.16. The van der Waals surface area contributed by atoms with E-state index in [2.05, 4.69) is 10.7 Å². The van der Waals surface area contributed by atoms with Crippen LogP contribution in [-0.4, -0.2) is 11.4 Å². The van der Waals surface area contributed by atoms with E-state index in [0.717, 1.165) is 5.69 Å². The van der Waals surface area contributed by atoms with E-state index in [0.29, 0.717) is 5.56 Å². The lowest BCUT2D eigenvalue weighted by atomic mass is 10.1. The number of nitrogen functional groups attached to an aromatic ring is 1. The maximum atomic E-state index is 11.7. The van der Waals surface area contributed by atoms with E-state index >= 15 is 0 Å². The van der Waals surface area contributed by atoms with Gasteiger partial charge < -0.3 is 10.7 Å². The van der Waals surface area contributed by atoms with Crippen molar-refractivity contribution in [3.05, 3.63) is 29.8 Å². The fourth-order valence-corrected chi connectivity index (χ4v) is 1.16. The van der Waals surface area contributed by atoms with Crippen molar-refractivity contribution in [3.8, 4) is 0 Å². The van der Waals surface area contributed by atoms with Crippen LogP contribution in [0.25, 0.3) is 0 Å². The standard InChI is InChI=1S/C11H17N3O/c1-11(2,3)13-10(15)8-5-4-6-9(7-8)14-12/h4-7,14H,12H2,1-3H3,(H,13,15). The van der Waals surface area contributed by atoms with E-state index in [1.54, 1.807) is 24.3 Å². The molecule has 1 aromatic rings. The highest BCUT2D eigenvalue weighted by atomic mass is 16.1. The van der Waals surface area contributed by atoms with Gasteiger partial charge in [-0.3, -0.25) is 10.6 Å². The third kappa shape index (κ3) is 3.59. The zero-order chi connectivity index (χ0) is 11.5. The Hall–Kier alpha value is -1.55. The molecule has 0 aliphatic rings. The third-order valence-corrected chi connectivity index (χ3v) is 1.78. The summed E-state index contributed by atoms with van der Waals surface area (Å²) in [6.45, 7) is 5.82. The molecule has 4 N–H and O–H groups in total. The predicted octanol–water partition coefficient (Wildman–Crippen LogP) is 1.50. The number of hydrogen-bond acceptors (Lipinski definition) is 3. The molecule has 4 heteroatoms. The molecule has 0 unspecified atom stereocenters. The maximum Gasteiger partial charge on any atom is 0.251 e. The Balaban J connectivity index is 2.82. The van der Waals surface area contributed by atoms with Crippen LogP contribution < -0.4 is 16.6 Å². The lowest BCUT2D eigenvalue weighted by Crippen LogP contribution is -2.40. The number of nitrogens with two attached hydrogens (primary N) is 1. The van der Waals surface area contributed by atoms with E-state index in [-0.39, 0.29) is 11.4 Å².